The van der Waals surface area contributed by atoms with Gasteiger partial charge in [-0.15, -0.1) is 11.3 Å². The van der Waals surface area contributed by atoms with Gasteiger partial charge in [-0.2, -0.15) is 0 Å². The minimum atomic E-state index is -0.837. The number of likely N-dealkylation sites (tertiary alicyclic amines) is 1. The summed E-state index contributed by atoms with van der Waals surface area (Å²) in [6, 6.07) is 15.1. The van der Waals surface area contributed by atoms with E-state index in [2.05, 4.69) is 27.9 Å². The molecule has 3 aromatic rings. The molecule has 1 fully saturated rings. The van der Waals surface area contributed by atoms with Crippen molar-refractivity contribution in [1.29, 1.82) is 0 Å². The highest BCUT2D eigenvalue weighted by atomic mass is 32.1. The van der Waals surface area contributed by atoms with Crippen LogP contribution in [0.1, 0.15) is 117 Å². The number of likely N-dealkylation sites (N-methyl/N-ethyl adjacent to an activating group) is 1. The summed E-state index contributed by atoms with van der Waals surface area (Å²) in [6.45, 7) is 20.2. The number of rotatable bonds is 25. The zero-order chi connectivity index (χ0) is 51.9. The number of aromatic nitrogens is 1. The first-order valence-corrected chi connectivity index (χ1v) is 25.9. The van der Waals surface area contributed by atoms with E-state index in [-0.39, 0.29) is 59.9 Å². The van der Waals surface area contributed by atoms with Crippen molar-refractivity contribution in [2.24, 2.45) is 23.7 Å². The number of amides is 5. The molecular formula is C54H83N7O8S. The van der Waals surface area contributed by atoms with E-state index in [1.165, 1.54) is 16.2 Å². The third-order valence-electron chi connectivity index (χ3n) is 13.6. The Morgan fingerprint density at radius 2 is 1.51 bits per heavy atom. The number of methoxy groups -OCH3 is 2. The van der Waals surface area contributed by atoms with Gasteiger partial charge in [0.2, 0.25) is 23.6 Å². The quantitative estimate of drug-likeness (QED) is 0.0760. The van der Waals surface area contributed by atoms with Crippen LogP contribution in [0.2, 0.25) is 0 Å². The molecule has 5 amide bonds. The minimum absolute atomic E-state index is 0.0149. The van der Waals surface area contributed by atoms with Crippen molar-refractivity contribution >= 4 is 46.7 Å². The lowest BCUT2D eigenvalue weighted by molar-refractivity contribution is -0.147. The molecule has 70 heavy (non-hydrogen) atoms. The molecule has 1 aliphatic heterocycles. The number of ether oxygens (including phenoxy) is 3. The van der Waals surface area contributed by atoms with Gasteiger partial charge in [0, 0.05) is 52.1 Å². The molecule has 0 aliphatic carbocycles. The Bertz CT molecular complexity index is 2100. The highest BCUT2D eigenvalue weighted by Crippen LogP contribution is 2.31. The molecule has 1 saturated heterocycles. The van der Waals surface area contributed by atoms with Crippen molar-refractivity contribution in [2.45, 2.75) is 156 Å². The maximum atomic E-state index is 14.6. The molecule has 4 rings (SSSR count). The fraction of sp³-hybridized carbons (Fsp3) is 0.630. The van der Waals surface area contributed by atoms with Crippen molar-refractivity contribution in [3.63, 3.8) is 0 Å². The van der Waals surface area contributed by atoms with E-state index in [9.17, 15) is 24.0 Å². The number of carbonyl (C=O) groups is 5. The number of hydrogen-bond donors (Lipinski definition) is 3. The predicted molar refractivity (Wildman–Crippen MR) is 277 cm³/mol. The summed E-state index contributed by atoms with van der Waals surface area (Å²) < 4.78 is 17.7. The number of carbonyl (C=O) groups excluding carboxylic acids is 5. The zero-order valence-electron chi connectivity index (χ0n) is 44.3. The van der Waals surface area contributed by atoms with Crippen LogP contribution in [-0.4, -0.2) is 128 Å². The molecule has 15 nitrogen and oxygen atoms in total. The third kappa shape index (κ3) is 16.1. The monoisotopic (exact) mass is 990 g/mol. The van der Waals surface area contributed by atoms with E-state index in [4.69, 9.17) is 14.2 Å². The third-order valence-corrected chi connectivity index (χ3v) is 14.4. The summed E-state index contributed by atoms with van der Waals surface area (Å²) in [7, 11) is 6.58. The van der Waals surface area contributed by atoms with Crippen molar-refractivity contribution < 1.29 is 38.2 Å². The van der Waals surface area contributed by atoms with Crippen LogP contribution in [0.15, 0.2) is 66.2 Å². The Balaban J connectivity index is 1.42. The molecular weight excluding hydrogens is 907 g/mol. The van der Waals surface area contributed by atoms with Gasteiger partial charge < -0.3 is 40.0 Å². The summed E-state index contributed by atoms with van der Waals surface area (Å²) in [5.41, 5.74) is 2.22. The van der Waals surface area contributed by atoms with E-state index in [0.29, 0.717) is 44.5 Å². The van der Waals surface area contributed by atoms with E-state index in [1.54, 1.807) is 39.4 Å². The van der Waals surface area contributed by atoms with Crippen molar-refractivity contribution in [3.05, 3.63) is 82.3 Å². The average Bonchev–Trinajstić information content (AvgIpc) is 4.05. The van der Waals surface area contributed by atoms with Gasteiger partial charge in [0.25, 0.3) is 0 Å². The number of anilines is 1. The molecule has 388 valence electrons. The topological polar surface area (TPSA) is 172 Å². The van der Waals surface area contributed by atoms with Gasteiger partial charge in [0.1, 0.15) is 16.7 Å². The summed E-state index contributed by atoms with van der Waals surface area (Å²) >= 11 is 1.50. The highest BCUT2D eigenvalue weighted by Gasteiger charge is 2.43. The number of nitrogens with zero attached hydrogens (tertiary/aromatic N) is 4. The van der Waals surface area contributed by atoms with Crippen LogP contribution >= 0.6 is 11.3 Å². The molecule has 0 spiro atoms. The lowest BCUT2D eigenvalue weighted by Gasteiger charge is -2.41. The number of nitrogens with one attached hydrogen (secondary N) is 3. The number of hydrogen-bond acceptors (Lipinski definition) is 11. The van der Waals surface area contributed by atoms with Crippen molar-refractivity contribution in [2.75, 3.05) is 46.3 Å². The Morgan fingerprint density at radius 1 is 0.857 bits per heavy atom. The van der Waals surface area contributed by atoms with Crippen LogP contribution in [0, 0.1) is 23.7 Å². The first kappa shape index (κ1) is 57.7. The molecule has 0 radical (unpaired) electrons. The first-order valence-electron chi connectivity index (χ1n) is 25.1. The summed E-state index contributed by atoms with van der Waals surface area (Å²) in [5, 5.41) is 12.5. The van der Waals surface area contributed by atoms with E-state index >= 15 is 0 Å². The van der Waals surface area contributed by atoms with Gasteiger partial charge in [-0.05, 0) is 94.0 Å². The highest BCUT2D eigenvalue weighted by molar-refractivity contribution is 7.09. The van der Waals surface area contributed by atoms with Crippen LogP contribution in [0.5, 0.6) is 0 Å². The zero-order valence-corrected chi connectivity index (χ0v) is 45.1. The van der Waals surface area contributed by atoms with Crippen molar-refractivity contribution in [3.8, 4) is 0 Å². The normalized spacial score (nSPS) is 17.5. The van der Waals surface area contributed by atoms with Crippen LogP contribution in [-0.2, 0) is 46.2 Å². The van der Waals surface area contributed by atoms with Gasteiger partial charge in [-0.25, -0.2) is 9.78 Å². The average molecular weight is 990 g/mol. The maximum Gasteiger partial charge on any atom is 0.414 e. The van der Waals surface area contributed by atoms with Gasteiger partial charge in [-0.3, -0.25) is 24.1 Å². The van der Waals surface area contributed by atoms with Crippen LogP contribution in [0.3, 0.4) is 0 Å². The molecule has 0 bridgehead atoms. The minimum Gasteiger partial charge on any atom is -0.443 e. The van der Waals surface area contributed by atoms with Crippen LogP contribution < -0.4 is 20.9 Å². The smallest absolute Gasteiger partial charge is 0.414 e. The van der Waals surface area contributed by atoms with Crippen LogP contribution in [0.25, 0.3) is 0 Å². The fourth-order valence-corrected chi connectivity index (χ4v) is 10.1. The largest absolute Gasteiger partial charge is 0.443 e. The Labute approximate surface area is 422 Å². The second kappa shape index (κ2) is 27.1. The Hall–Kier alpha value is -4.90. The number of thiazole rings is 1. The molecule has 16 heteroatoms. The predicted octanol–water partition coefficient (Wildman–Crippen LogP) is 7.83. The van der Waals surface area contributed by atoms with Gasteiger partial charge >= 0.3 is 6.09 Å². The van der Waals surface area contributed by atoms with Gasteiger partial charge in [0.15, 0.2) is 0 Å². The second-order valence-corrected chi connectivity index (χ2v) is 21.5. The van der Waals surface area contributed by atoms with Crippen LogP contribution in [0.4, 0.5) is 10.5 Å². The molecule has 0 saturated carbocycles. The maximum absolute atomic E-state index is 14.6. The molecule has 9 atom stereocenters. The summed E-state index contributed by atoms with van der Waals surface area (Å²) in [4.78, 5) is 79.3. The molecule has 1 aromatic heterocycles. The summed E-state index contributed by atoms with van der Waals surface area (Å²) in [6.07, 6.45) is 3.47. The van der Waals surface area contributed by atoms with Gasteiger partial charge in [0.05, 0.1) is 48.7 Å². The van der Waals surface area contributed by atoms with Crippen molar-refractivity contribution in [1.82, 2.24) is 30.7 Å². The molecule has 2 heterocycles. The van der Waals surface area contributed by atoms with Gasteiger partial charge in [-0.1, -0.05) is 97.4 Å². The Morgan fingerprint density at radius 3 is 2.07 bits per heavy atom. The number of benzene rings is 2. The van der Waals surface area contributed by atoms with E-state index in [1.807, 2.05) is 127 Å². The fourth-order valence-electron chi connectivity index (χ4n) is 9.37. The Kier molecular flexibility index (Phi) is 22.3. The van der Waals surface area contributed by atoms with E-state index < -0.39 is 47.9 Å². The molecule has 3 N–H and O–H groups in total. The second-order valence-electron chi connectivity index (χ2n) is 20.6. The lowest BCUT2D eigenvalue weighted by Crippen LogP contribution is -2.60. The SMILES string of the molecule is CC[C@H](C)[C@@H]([C@@H](CC(=O)N1CCC[C@H]1[C@H](OC)[C@@H](C)C(=O)N[C@@H](Cc1ccccc1)c1nccs1)OC)N(C)C(=O)[C@@H](NC(=O)[C@@H](NCCc1ccc(N(C)C(=O)OC(C)(C)C)cc1)C(C)C)C(C)C. The molecule has 2 aromatic carbocycles. The van der Waals surface area contributed by atoms with E-state index in [0.717, 1.165) is 22.6 Å². The lowest BCUT2D eigenvalue weighted by atomic mass is 9.89. The summed E-state index contributed by atoms with van der Waals surface area (Å²) in [5.74, 6) is -1.79. The first-order chi connectivity index (χ1) is 33.1. The molecule has 1 aliphatic rings. The standard InChI is InChI=1S/C54H83N7O8S/c1-15-36(6)47(60(12)52(65)46(35(4)5)58-50(64)45(34(2)3)55-28-27-38-23-25-40(26-24-38)59(11)53(66)69-54(8,9)10)43(67-13)33-44(62)61-30-19-22-42(61)48(68-14)37(7)49(63)57-41(51-56-29-31-70-51)32-39-20-17-16-18-21-39/h16-18,20-21,23-26,29,31,34-37,41-43,45-48,55H,15,19,22,27-28,30,32-33H2,1-14H3,(H,57,63)(H,58,64)/t36-,37+,41-,42-,43+,45-,46-,47-,48+/m0/s1. The molecule has 0 unspecified atom stereocenters.